The van der Waals surface area contributed by atoms with Crippen molar-refractivity contribution in [1.29, 1.82) is 0 Å². The van der Waals surface area contributed by atoms with E-state index >= 15 is 0 Å². The smallest absolute Gasteiger partial charge is 0.350 e. The van der Waals surface area contributed by atoms with Gasteiger partial charge in [-0.3, -0.25) is 9.20 Å². The first-order chi connectivity index (χ1) is 9.49. The van der Waals surface area contributed by atoms with Gasteiger partial charge in [-0.2, -0.15) is 0 Å². The number of aromatic nitrogens is 3. The Labute approximate surface area is 115 Å². The number of hydrogen-bond donors (Lipinski definition) is 2. The fourth-order valence-electron chi connectivity index (χ4n) is 1.72. The van der Waals surface area contributed by atoms with Gasteiger partial charge < -0.3 is 10.4 Å². The van der Waals surface area contributed by atoms with Crippen LogP contribution >= 0.6 is 0 Å². The molecule has 2 N–H and O–H groups in total. The minimum absolute atomic E-state index is 0.0632. The molecule has 20 heavy (non-hydrogen) atoms. The van der Waals surface area contributed by atoms with Gasteiger partial charge in [0, 0.05) is 12.7 Å². The van der Waals surface area contributed by atoms with Gasteiger partial charge in [0.2, 0.25) is 5.91 Å². The average Bonchev–Trinajstić information content (AvgIpc) is 2.73. The summed E-state index contributed by atoms with van der Waals surface area (Å²) in [5, 5.41) is 16.3. The number of fused-ring (bicyclic) bond motifs is 1. The van der Waals surface area contributed by atoms with Crippen molar-refractivity contribution >= 4 is 11.6 Å². The number of amides is 1. The summed E-state index contributed by atoms with van der Waals surface area (Å²) in [6.45, 7) is 3.73. The molecule has 7 nitrogen and oxygen atoms in total. The van der Waals surface area contributed by atoms with Crippen molar-refractivity contribution in [1.82, 2.24) is 19.5 Å². The topological polar surface area (TPSA) is 88.6 Å². The molecule has 2 aromatic heterocycles. The van der Waals surface area contributed by atoms with Crippen LogP contribution in [0.15, 0.2) is 29.2 Å². The Bertz CT molecular complexity index is 659. The Morgan fingerprint density at radius 1 is 1.45 bits per heavy atom. The monoisotopic (exact) mass is 278 g/mol. The molecule has 0 aromatic carbocycles. The van der Waals surface area contributed by atoms with Gasteiger partial charge in [-0.1, -0.05) is 19.9 Å². The third-order valence-corrected chi connectivity index (χ3v) is 3.06. The highest BCUT2D eigenvalue weighted by atomic mass is 16.3. The van der Waals surface area contributed by atoms with E-state index in [4.69, 9.17) is 0 Å². The van der Waals surface area contributed by atoms with Gasteiger partial charge in [0.1, 0.15) is 6.54 Å². The van der Waals surface area contributed by atoms with Gasteiger partial charge in [-0.25, -0.2) is 9.48 Å². The third-order valence-electron chi connectivity index (χ3n) is 3.06. The molecular formula is C13H18N4O3. The fourth-order valence-corrected chi connectivity index (χ4v) is 1.72. The Morgan fingerprint density at radius 3 is 2.85 bits per heavy atom. The van der Waals surface area contributed by atoms with E-state index in [1.807, 2.05) is 13.8 Å². The lowest BCUT2D eigenvalue weighted by molar-refractivity contribution is -0.122. The number of aliphatic hydroxyl groups excluding tert-OH is 1. The van der Waals surface area contributed by atoms with Gasteiger partial charge in [0.05, 0.1) is 6.10 Å². The second kappa shape index (κ2) is 5.87. The molecule has 0 radical (unpaired) electrons. The zero-order chi connectivity index (χ0) is 14.7. The van der Waals surface area contributed by atoms with E-state index in [-0.39, 0.29) is 30.6 Å². The predicted octanol–water partition coefficient (Wildman–Crippen LogP) is -0.371. The first kappa shape index (κ1) is 14.3. The molecule has 7 heteroatoms. The highest BCUT2D eigenvalue weighted by molar-refractivity contribution is 5.75. The van der Waals surface area contributed by atoms with E-state index in [9.17, 15) is 14.7 Å². The lowest BCUT2D eigenvalue weighted by Gasteiger charge is -2.14. The molecule has 0 aliphatic heterocycles. The van der Waals surface area contributed by atoms with Gasteiger partial charge in [-0.15, -0.1) is 5.10 Å². The Balaban J connectivity index is 2.03. The zero-order valence-electron chi connectivity index (χ0n) is 11.5. The van der Waals surface area contributed by atoms with Crippen LogP contribution in [0.5, 0.6) is 0 Å². The first-order valence-electron chi connectivity index (χ1n) is 6.48. The van der Waals surface area contributed by atoms with Gasteiger partial charge in [-0.05, 0) is 18.1 Å². The summed E-state index contributed by atoms with van der Waals surface area (Å²) in [5.74, 6) is -0.288. The molecule has 0 fully saturated rings. The van der Waals surface area contributed by atoms with Crippen molar-refractivity contribution in [3.63, 3.8) is 0 Å². The van der Waals surface area contributed by atoms with Crippen LogP contribution < -0.4 is 11.0 Å². The summed E-state index contributed by atoms with van der Waals surface area (Å²) in [7, 11) is 0. The Morgan fingerprint density at radius 2 is 2.20 bits per heavy atom. The second-order valence-corrected chi connectivity index (χ2v) is 4.98. The molecule has 0 aliphatic rings. The number of nitrogens with zero attached hydrogens (tertiary/aromatic N) is 3. The number of rotatable bonds is 5. The molecule has 1 atom stereocenters. The van der Waals surface area contributed by atoms with Crippen molar-refractivity contribution < 1.29 is 9.90 Å². The number of aliphatic hydroxyl groups is 1. The molecule has 0 saturated heterocycles. The minimum Gasteiger partial charge on any atom is -0.391 e. The summed E-state index contributed by atoms with van der Waals surface area (Å²) in [5.41, 5.74) is 0.132. The summed E-state index contributed by atoms with van der Waals surface area (Å²) in [6.07, 6.45) is 0.999. The van der Waals surface area contributed by atoms with E-state index in [1.54, 1.807) is 24.4 Å². The van der Waals surface area contributed by atoms with Crippen LogP contribution in [0.4, 0.5) is 0 Å². The van der Waals surface area contributed by atoms with E-state index in [1.165, 1.54) is 4.40 Å². The quantitative estimate of drug-likeness (QED) is 0.781. The fraction of sp³-hybridized carbons (Fsp3) is 0.462. The number of hydrogen-bond acceptors (Lipinski definition) is 4. The number of carbonyl (C=O) groups is 1. The summed E-state index contributed by atoms with van der Waals surface area (Å²) in [6, 6.07) is 5.18. The van der Waals surface area contributed by atoms with Crippen LogP contribution in [0, 0.1) is 5.92 Å². The van der Waals surface area contributed by atoms with Crippen LogP contribution in [-0.4, -0.2) is 37.8 Å². The van der Waals surface area contributed by atoms with Crippen LogP contribution in [0.2, 0.25) is 0 Å². The Kier molecular flexibility index (Phi) is 4.19. The van der Waals surface area contributed by atoms with Crippen molar-refractivity contribution in [2.24, 2.45) is 5.92 Å². The van der Waals surface area contributed by atoms with Crippen LogP contribution in [0.3, 0.4) is 0 Å². The van der Waals surface area contributed by atoms with E-state index < -0.39 is 6.10 Å². The molecule has 0 bridgehead atoms. The number of pyridine rings is 1. The zero-order valence-corrected chi connectivity index (χ0v) is 11.5. The highest BCUT2D eigenvalue weighted by Crippen LogP contribution is 1.99. The largest absolute Gasteiger partial charge is 0.391 e. The molecule has 108 valence electrons. The van der Waals surface area contributed by atoms with Gasteiger partial charge in [0.15, 0.2) is 5.65 Å². The maximum Gasteiger partial charge on any atom is 0.350 e. The van der Waals surface area contributed by atoms with Crippen LogP contribution in [-0.2, 0) is 11.3 Å². The molecule has 2 aromatic rings. The number of carbonyl (C=O) groups excluding carboxylic acids is 1. The number of nitrogens with one attached hydrogen (secondary N) is 1. The molecule has 0 aliphatic carbocycles. The predicted molar refractivity (Wildman–Crippen MR) is 73.3 cm³/mol. The maximum atomic E-state index is 11.9. The Hall–Kier alpha value is -2.15. The molecule has 1 amide bonds. The molecule has 2 rings (SSSR count). The third kappa shape index (κ3) is 3.05. The highest BCUT2D eigenvalue weighted by Gasteiger charge is 2.13. The second-order valence-electron chi connectivity index (χ2n) is 4.98. The molecular weight excluding hydrogens is 260 g/mol. The van der Waals surface area contributed by atoms with Crippen LogP contribution in [0.25, 0.3) is 5.65 Å². The van der Waals surface area contributed by atoms with Gasteiger partial charge >= 0.3 is 5.69 Å². The van der Waals surface area contributed by atoms with Crippen molar-refractivity contribution in [3.05, 3.63) is 34.9 Å². The summed E-state index contributed by atoms with van der Waals surface area (Å²) in [4.78, 5) is 23.7. The van der Waals surface area contributed by atoms with E-state index in [0.29, 0.717) is 5.65 Å². The summed E-state index contributed by atoms with van der Waals surface area (Å²) < 4.78 is 2.47. The lowest BCUT2D eigenvalue weighted by atomic mass is 10.1. The molecule has 2 heterocycles. The molecule has 1 unspecified atom stereocenters. The normalized spacial score (nSPS) is 12.8. The van der Waals surface area contributed by atoms with Crippen molar-refractivity contribution in [3.8, 4) is 0 Å². The van der Waals surface area contributed by atoms with Gasteiger partial charge in [0.25, 0.3) is 0 Å². The minimum atomic E-state index is -0.600. The average molecular weight is 278 g/mol. The van der Waals surface area contributed by atoms with Crippen LogP contribution in [0.1, 0.15) is 13.8 Å². The first-order valence-corrected chi connectivity index (χ1v) is 6.48. The van der Waals surface area contributed by atoms with E-state index in [2.05, 4.69) is 10.4 Å². The molecule has 0 spiro atoms. The summed E-state index contributed by atoms with van der Waals surface area (Å²) >= 11 is 0. The van der Waals surface area contributed by atoms with Crippen molar-refractivity contribution in [2.75, 3.05) is 6.54 Å². The van der Waals surface area contributed by atoms with Crippen molar-refractivity contribution in [2.45, 2.75) is 26.5 Å². The van der Waals surface area contributed by atoms with E-state index in [0.717, 1.165) is 4.68 Å². The standard InChI is InChI=1S/C13H18N4O3/c1-9(2)10(18)7-14-12(19)8-17-13(20)16-6-4-3-5-11(16)15-17/h3-6,9-10,18H,7-8H2,1-2H3,(H,14,19). The lowest BCUT2D eigenvalue weighted by Crippen LogP contribution is -2.38. The SMILES string of the molecule is CC(C)C(O)CNC(=O)Cn1nc2ccccn2c1=O. The molecule has 0 saturated carbocycles. The maximum absolute atomic E-state index is 11.9.